The Hall–Kier alpha value is -2.10. The average Bonchev–Trinajstić information content (AvgIpc) is 2.50. The molecule has 0 aliphatic rings. The van der Waals surface area contributed by atoms with Crippen LogP contribution in [0.1, 0.15) is 11.1 Å². The van der Waals surface area contributed by atoms with Gasteiger partial charge in [0.2, 0.25) is 0 Å². The predicted octanol–water partition coefficient (Wildman–Crippen LogP) is 4.46. The van der Waals surface area contributed by atoms with E-state index in [-0.39, 0.29) is 0 Å². The quantitative estimate of drug-likeness (QED) is 0.542. The van der Waals surface area contributed by atoms with Crippen LogP contribution >= 0.6 is 11.6 Å². The Kier molecular flexibility index (Phi) is 3.53. The van der Waals surface area contributed by atoms with Crippen molar-refractivity contribution in [3.05, 3.63) is 58.6 Å². The van der Waals surface area contributed by atoms with Gasteiger partial charge in [-0.1, -0.05) is 41.9 Å². The molecule has 1 heterocycles. The fourth-order valence-corrected chi connectivity index (χ4v) is 2.71. The summed E-state index contributed by atoms with van der Waals surface area (Å²) in [6.45, 7) is 4.00. The van der Waals surface area contributed by atoms with Crippen LogP contribution in [-0.2, 0) is 0 Å². The number of halogens is 1. The van der Waals surface area contributed by atoms with E-state index in [1.54, 1.807) is 0 Å². The van der Waals surface area contributed by atoms with Crippen LogP contribution in [0.15, 0.2) is 42.5 Å². The number of nitrogens with two attached hydrogens (primary N) is 1. The van der Waals surface area contributed by atoms with Crippen molar-refractivity contribution in [3.63, 3.8) is 0 Å². The van der Waals surface area contributed by atoms with Crippen LogP contribution in [0.2, 0.25) is 5.02 Å². The molecule has 21 heavy (non-hydrogen) atoms. The van der Waals surface area contributed by atoms with Crippen molar-refractivity contribution >= 4 is 28.2 Å². The summed E-state index contributed by atoms with van der Waals surface area (Å²) in [4.78, 5) is 4.78. The lowest BCUT2D eigenvalue weighted by molar-refractivity contribution is 1.27. The van der Waals surface area contributed by atoms with Gasteiger partial charge < -0.3 is 5.43 Å². The predicted molar refractivity (Wildman–Crippen MR) is 89.5 cm³/mol. The number of nitrogens with zero attached hydrogens (tertiary/aromatic N) is 1. The fraction of sp³-hybridized carbons (Fsp3) is 0.118. The Bertz CT molecular complexity index is 813. The first-order valence-electron chi connectivity index (χ1n) is 6.74. The molecule has 4 heteroatoms. The zero-order chi connectivity index (χ0) is 15.0. The molecule has 3 N–H and O–H groups in total. The van der Waals surface area contributed by atoms with E-state index >= 15 is 0 Å². The number of nitrogens with one attached hydrogen (secondary N) is 1. The van der Waals surface area contributed by atoms with Gasteiger partial charge in [-0.3, -0.25) is 5.84 Å². The highest BCUT2D eigenvalue weighted by molar-refractivity contribution is 6.32. The van der Waals surface area contributed by atoms with Crippen LogP contribution in [0, 0.1) is 13.8 Å². The smallest absolute Gasteiger partial charge is 0.0759 e. The molecule has 106 valence electrons. The number of hydrogen-bond acceptors (Lipinski definition) is 3. The summed E-state index contributed by atoms with van der Waals surface area (Å²) < 4.78 is 0. The lowest BCUT2D eigenvalue weighted by Crippen LogP contribution is -2.10. The lowest BCUT2D eigenvalue weighted by atomic mass is 10.0. The standard InChI is InChI=1S/C17H16ClN3/c1-10-8-13-15(9-14(10)18)20-16(11(2)17(13)21-19)12-6-4-3-5-7-12/h3-9H,19H2,1-2H3,(H,20,21). The second-order valence-corrected chi connectivity index (χ2v) is 5.50. The molecule has 0 saturated heterocycles. The van der Waals surface area contributed by atoms with Crippen molar-refractivity contribution in [2.45, 2.75) is 13.8 Å². The highest BCUT2D eigenvalue weighted by atomic mass is 35.5. The van der Waals surface area contributed by atoms with E-state index in [2.05, 4.69) is 5.43 Å². The molecule has 3 nitrogen and oxygen atoms in total. The lowest BCUT2D eigenvalue weighted by Gasteiger charge is -2.15. The normalized spacial score (nSPS) is 10.9. The molecule has 0 bridgehead atoms. The van der Waals surface area contributed by atoms with E-state index < -0.39 is 0 Å². The molecular formula is C17H16ClN3. The third-order valence-electron chi connectivity index (χ3n) is 3.70. The third-order valence-corrected chi connectivity index (χ3v) is 4.11. The van der Waals surface area contributed by atoms with Crippen molar-refractivity contribution < 1.29 is 0 Å². The number of hydrazine groups is 1. The Morgan fingerprint density at radius 1 is 1.10 bits per heavy atom. The second-order valence-electron chi connectivity index (χ2n) is 5.09. The van der Waals surface area contributed by atoms with Gasteiger partial charge in [-0.15, -0.1) is 0 Å². The number of rotatable bonds is 2. The van der Waals surface area contributed by atoms with Crippen LogP contribution in [0.25, 0.3) is 22.2 Å². The number of benzene rings is 2. The highest BCUT2D eigenvalue weighted by Crippen LogP contribution is 2.34. The number of pyridine rings is 1. The van der Waals surface area contributed by atoms with Gasteiger partial charge in [0.25, 0.3) is 0 Å². The molecular weight excluding hydrogens is 282 g/mol. The maximum Gasteiger partial charge on any atom is 0.0759 e. The number of anilines is 1. The molecule has 1 aromatic heterocycles. The van der Waals surface area contributed by atoms with Gasteiger partial charge in [-0.2, -0.15) is 0 Å². The van der Waals surface area contributed by atoms with Gasteiger partial charge in [0.15, 0.2) is 0 Å². The Labute approximate surface area is 128 Å². The van der Waals surface area contributed by atoms with E-state index in [4.69, 9.17) is 22.4 Å². The van der Waals surface area contributed by atoms with Crippen LogP contribution < -0.4 is 11.3 Å². The number of hydrogen-bond donors (Lipinski definition) is 2. The van der Waals surface area contributed by atoms with Gasteiger partial charge in [-0.05, 0) is 31.5 Å². The first-order valence-corrected chi connectivity index (χ1v) is 7.12. The van der Waals surface area contributed by atoms with Crippen LogP contribution in [-0.4, -0.2) is 4.98 Å². The summed E-state index contributed by atoms with van der Waals surface area (Å²) in [5.74, 6) is 5.74. The first kappa shape index (κ1) is 13.9. The molecule has 0 aliphatic carbocycles. The van der Waals surface area contributed by atoms with Crippen molar-refractivity contribution in [2.24, 2.45) is 5.84 Å². The molecule has 0 aliphatic heterocycles. The van der Waals surface area contributed by atoms with Gasteiger partial charge in [0, 0.05) is 21.5 Å². The molecule has 2 aromatic carbocycles. The molecule has 0 fully saturated rings. The summed E-state index contributed by atoms with van der Waals surface area (Å²) in [6.07, 6.45) is 0. The summed E-state index contributed by atoms with van der Waals surface area (Å²) in [6, 6.07) is 14.0. The van der Waals surface area contributed by atoms with E-state index in [1.807, 2.05) is 56.3 Å². The Balaban J connectivity index is 2.38. The molecule has 0 saturated carbocycles. The van der Waals surface area contributed by atoms with Gasteiger partial charge >= 0.3 is 0 Å². The van der Waals surface area contributed by atoms with Crippen LogP contribution in [0.4, 0.5) is 5.69 Å². The van der Waals surface area contributed by atoms with Crippen molar-refractivity contribution in [2.75, 3.05) is 5.43 Å². The van der Waals surface area contributed by atoms with Gasteiger partial charge in [-0.25, -0.2) is 4.98 Å². The van der Waals surface area contributed by atoms with E-state index in [0.717, 1.165) is 39.0 Å². The molecule has 0 atom stereocenters. The first-order chi connectivity index (χ1) is 10.1. The zero-order valence-corrected chi connectivity index (χ0v) is 12.7. The summed E-state index contributed by atoms with van der Waals surface area (Å²) in [7, 11) is 0. The minimum atomic E-state index is 0.709. The zero-order valence-electron chi connectivity index (χ0n) is 11.9. The van der Waals surface area contributed by atoms with E-state index in [0.29, 0.717) is 5.02 Å². The highest BCUT2D eigenvalue weighted by Gasteiger charge is 2.13. The molecule has 0 amide bonds. The number of aromatic nitrogens is 1. The topological polar surface area (TPSA) is 50.9 Å². The van der Waals surface area contributed by atoms with Gasteiger partial charge in [0.05, 0.1) is 16.9 Å². The Morgan fingerprint density at radius 3 is 2.48 bits per heavy atom. The summed E-state index contributed by atoms with van der Waals surface area (Å²) in [5.41, 5.74) is 8.54. The molecule has 3 aromatic rings. The monoisotopic (exact) mass is 297 g/mol. The van der Waals surface area contributed by atoms with Crippen LogP contribution in [0.5, 0.6) is 0 Å². The minimum Gasteiger partial charge on any atom is -0.323 e. The molecule has 0 radical (unpaired) electrons. The molecule has 3 rings (SSSR count). The van der Waals surface area contributed by atoms with Crippen molar-refractivity contribution in [3.8, 4) is 11.3 Å². The van der Waals surface area contributed by atoms with Gasteiger partial charge in [0.1, 0.15) is 0 Å². The summed E-state index contributed by atoms with van der Waals surface area (Å²) in [5, 5.41) is 1.69. The summed E-state index contributed by atoms with van der Waals surface area (Å²) >= 11 is 6.23. The maximum absolute atomic E-state index is 6.23. The SMILES string of the molecule is Cc1cc2c(NN)c(C)c(-c3ccccc3)nc2cc1Cl. The van der Waals surface area contributed by atoms with Crippen molar-refractivity contribution in [1.29, 1.82) is 0 Å². The van der Waals surface area contributed by atoms with Crippen molar-refractivity contribution in [1.82, 2.24) is 4.98 Å². The van der Waals surface area contributed by atoms with E-state index in [9.17, 15) is 0 Å². The number of nitrogen functional groups attached to an aromatic ring is 1. The Morgan fingerprint density at radius 2 is 1.81 bits per heavy atom. The molecule has 0 unspecified atom stereocenters. The molecule has 0 spiro atoms. The number of fused-ring (bicyclic) bond motifs is 1. The minimum absolute atomic E-state index is 0.709. The maximum atomic E-state index is 6.23. The third kappa shape index (κ3) is 2.35. The van der Waals surface area contributed by atoms with Crippen LogP contribution in [0.3, 0.4) is 0 Å². The largest absolute Gasteiger partial charge is 0.323 e. The average molecular weight is 298 g/mol. The fourth-order valence-electron chi connectivity index (χ4n) is 2.55. The number of aryl methyl sites for hydroxylation is 1. The second kappa shape index (κ2) is 5.35. The van der Waals surface area contributed by atoms with E-state index in [1.165, 1.54) is 0 Å².